The minimum atomic E-state index is -0.892. The van der Waals surface area contributed by atoms with Crippen LogP contribution in [0.15, 0.2) is 70.4 Å². The Kier molecular flexibility index (Phi) is 6.39. The molecule has 3 rings (SSSR count). The SMILES string of the molecule is Cc1ccc(C)c(NC(=O)C(=O)N/N=C/c2ccc(OC(=O)c3ccco3)cc2)c1. The number of benzene rings is 2. The van der Waals surface area contributed by atoms with Crippen LogP contribution in [0.4, 0.5) is 5.69 Å². The number of furan rings is 1. The highest BCUT2D eigenvalue weighted by Crippen LogP contribution is 2.16. The summed E-state index contributed by atoms with van der Waals surface area (Å²) in [5, 5.41) is 6.32. The molecule has 8 heteroatoms. The largest absolute Gasteiger partial charge is 0.457 e. The molecule has 8 nitrogen and oxygen atoms in total. The van der Waals surface area contributed by atoms with E-state index in [1.807, 2.05) is 26.0 Å². The molecule has 152 valence electrons. The Labute approximate surface area is 172 Å². The Morgan fingerprint density at radius 2 is 1.77 bits per heavy atom. The van der Waals surface area contributed by atoms with Gasteiger partial charge in [-0.2, -0.15) is 5.10 Å². The molecule has 0 saturated heterocycles. The van der Waals surface area contributed by atoms with Gasteiger partial charge in [-0.05, 0) is 73.0 Å². The lowest BCUT2D eigenvalue weighted by Gasteiger charge is -2.08. The molecule has 0 aliphatic heterocycles. The van der Waals surface area contributed by atoms with Crippen LogP contribution in [-0.4, -0.2) is 24.0 Å². The fourth-order valence-electron chi connectivity index (χ4n) is 2.44. The molecule has 0 spiro atoms. The second-order valence-corrected chi connectivity index (χ2v) is 6.41. The second-order valence-electron chi connectivity index (χ2n) is 6.41. The number of carbonyl (C=O) groups is 3. The molecule has 0 bridgehead atoms. The van der Waals surface area contributed by atoms with Gasteiger partial charge in [-0.3, -0.25) is 9.59 Å². The first-order valence-corrected chi connectivity index (χ1v) is 9.00. The van der Waals surface area contributed by atoms with Gasteiger partial charge in [-0.1, -0.05) is 12.1 Å². The Balaban J connectivity index is 1.52. The highest BCUT2D eigenvalue weighted by molar-refractivity contribution is 6.39. The molecule has 0 saturated carbocycles. The molecule has 2 aromatic carbocycles. The summed E-state index contributed by atoms with van der Waals surface area (Å²) >= 11 is 0. The van der Waals surface area contributed by atoms with Crippen molar-refractivity contribution in [3.8, 4) is 5.75 Å². The van der Waals surface area contributed by atoms with Gasteiger partial charge in [0.05, 0.1) is 12.5 Å². The zero-order valence-corrected chi connectivity index (χ0v) is 16.3. The molecule has 1 aromatic heterocycles. The number of hydrazone groups is 1. The van der Waals surface area contributed by atoms with E-state index in [-0.39, 0.29) is 5.76 Å². The number of hydrogen-bond acceptors (Lipinski definition) is 6. The molecule has 2 N–H and O–H groups in total. The molecule has 2 amide bonds. The fraction of sp³-hybridized carbons (Fsp3) is 0.0909. The van der Waals surface area contributed by atoms with Gasteiger partial charge in [0, 0.05) is 5.69 Å². The van der Waals surface area contributed by atoms with E-state index in [1.165, 1.54) is 18.5 Å². The highest BCUT2D eigenvalue weighted by atomic mass is 16.5. The van der Waals surface area contributed by atoms with Crippen molar-refractivity contribution in [3.63, 3.8) is 0 Å². The smallest absolute Gasteiger partial charge is 0.379 e. The number of aryl methyl sites for hydroxylation is 2. The van der Waals surface area contributed by atoms with Gasteiger partial charge in [0.25, 0.3) is 0 Å². The Hall–Kier alpha value is -4.20. The van der Waals surface area contributed by atoms with E-state index >= 15 is 0 Å². The number of hydrogen-bond donors (Lipinski definition) is 2. The van der Waals surface area contributed by atoms with Gasteiger partial charge < -0.3 is 14.5 Å². The van der Waals surface area contributed by atoms with Crippen molar-refractivity contribution in [1.29, 1.82) is 0 Å². The number of nitrogens with one attached hydrogen (secondary N) is 2. The lowest BCUT2D eigenvalue weighted by molar-refractivity contribution is -0.136. The minimum Gasteiger partial charge on any atom is -0.457 e. The first-order chi connectivity index (χ1) is 14.4. The molecule has 3 aromatic rings. The van der Waals surface area contributed by atoms with E-state index in [4.69, 9.17) is 9.15 Å². The van der Waals surface area contributed by atoms with Crippen molar-refractivity contribution in [2.24, 2.45) is 5.10 Å². The first kappa shape index (κ1) is 20.5. The lowest BCUT2D eigenvalue weighted by atomic mass is 10.1. The van der Waals surface area contributed by atoms with Crippen molar-refractivity contribution in [3.05, 3.63) is 83.3 Å². The first-order valence-electron chi connectivity index (χ1n) is 9.00. The van der Waals surface area contributed by atoms with Crippen molar-refractivity contribution >= 4 is 29.7 Å². The summed E-state index contributed by atoms with van der Waals surface area (Å²) in [4.78, 5) is 35.7. The summed E-state index contributed by atoms with van der Waals surface area (Å²) in [5.41, 5.74) is 5.18. The predicted molar refractivity (Wildman–Crippen MR) is 110 cm³/mol. The van der Waals surface area contributed by atoms with Crippen LogP contribution in [0.1, 0.15) is 27.2 Å². The van der Waals surface area contributed by atoms with Gasteiger partial charge in [0.1, 0.15) is 5.75 Å². The van der Waals surface area contributed by atoms with Crippen molar-refractivity contribution in [2.75, 3.05) is 5.32 Å². The number of amides is 2. The van der Waals surface area contributed by atoms with E-state index in [0.717, 1.165) is 11.1 Å². The van der Waals surface area contributed by atoms with E-state index in [2.05, 4.69) is 15.8 Å². The third kappa shape index (κ3) is 5.41. The number of rotatable bonds is 5. The van der Waals surface area contributed by atoms with Crippen LogP contribution >= 0.6 is 0 Å². The molecule has 1 heterocycles. The second kappa shape index (κ2) is 9.33. The van der Waals surface area contributed by atoms with Gasteiger partial charge in [0.15, 0.2) is 0 Å². The van der Waals surface area contributed by atoms with Crippen LogP contribution in [0.2, 0.25) is 0 Å². The number of nitrogens with zero attached hydrogens (tertiary/aromatic N) is 1. The Morgan fingerprint density at radius 3 is 2.47 bits per heavy atom. The maximum Gasteiger partial charge on any atom is 0.379 e. The lowest BCUT2D eigenvalue weighted by Crippen LogP contribution is -2.32. The van der Waals surface area contributed by atoms with Crippen LogP contribution in [0.5, 0.6) is 5.75 Å². The average Bonchev–Trinajstić information content (AvgIpc) is 3.27. The van der Waals surface area contributed by atoms with Crippen LogP contribution in [0.3, 0.4) is 0 Å². The number of carbonyl (C=O) groups excluding carboxylic acids is 3. The topological polar surface area (TPSA) is 110 Å². The Morgan fingerprint density at radius 1 is 1.00 bits per heavy atom. The summed E-state index contributed by atoms with van der Waals surface area (Å²) in [7, 11) is 0. The van der Waals surface area contributed by atoms with E-state index in [0.29, 0.717) is 17.0 Å². The summed E-state index contributed by atoms with van der Waals surface area (Å²) < 4.78 is 10.1. The molecular formula is C22H19N3O5. The molecule has 30 heavy (non-hydrogen) atoms. The molecule has 0 atom stereocenters. The number of ether oxygens (including phenoxy) is 1. The van der Waals surface area contributed by atoms with E-state index in [9.17, 15) is 14.4 Å². The summed E-state index contributed by atoms with van der Waals surface area (Å²) in [5.74, 6) is -1.89. The van der Waals surface area contributed by atoms with Crippen LogP contribution in [0.25, 0.3) is 0 Å². The van der Waals surface area contributed by atoms with Gasteiger partial charge in [0.2, 0.25) is 5.76 Å². The maximum absolute atomic E-state index is 12.0. The minimum absolute atomic E-state index is 0.0995. The summed E-state index contributed by atoms with van der Waals surface area (Å²) in [6.45, 7) is 3.73. The standard InChI is InChI=1S/C22H19N3O5/c1-14-5-6-15(2)18(12-14)24-20(26)21(27)25-23-13-16-7-9-17(10-8-16)30-22(28)19-4-3-11-29-19/h3-13H,1-2H3,(H,24,26)(H,25,27)/b23-13+. The molecule has 0 fully saturated rings. The van der Waals surface area contributed by atoms with E-state index < -0.39 is 17.8 Å². The van der Waals surface area contributed by atoms with Crippen molar-refractivity contribution < 1.29 is 23.5 Å². The van der Waals surface area contributed by atoms with Gasteiger partial charge in [-0.15, -0.1) is 0 Å². The molecule has 0 unspecified atom stereocenters. The third-order valence-electron chi connectivity index (χ3n) is 4.04. The fourth-order valence-corrected chi connectivity index (χ4v) is 2.44. The van der Waals surface area contributed by atoms with E-state index in [1.54, 1.807) is 36.4 Å². The van der Waals surface area contributed by atoms with Crippen LogP contribution in [0, 0.1) is 13.8 Å². The number of esters is 1. The zero-order chi connectivity index (χ0) is 21.5. The molecule has 0 aliphatic rings. The Bertz CT molecular complexity index is 1090. The molecule has 0 radical (unpaired) electrons. The predicted octanol–water partition coefficient (Wildman–Crippen LogP) is 3.20. The zero-order valence-electron chi connectivity index (χ0n) is 16.3. The molecule has 0 aliphatic carbocycles. The quantitative estimate of drug-likeness (QED) is 0.223. The molecular weight excluding hydrogens is 386 g/mol. The normalized spacial score (nSPS) is 10.6. The van der Waals surface area contributed by atoms with Gasteiger partial charge in [-0.25, -0.2) is 10.2 Å². The van der Waals surface area contributed by atoms with Crippen LogP contribution in [-0.2, 0) is 9.59 Å². The highest BCUT2D eigenvalue weighted by Gasteiger charge is 2.14. The van der Waals surface area contributed by atoms with Gasteiger partial charge >= 0.3 is 17.8 Å². The average molecular weight is 405 g/mol. The monoisotopic (exact) mass is 405 g/mol. The van der Waals surface area contributed by atoms with Crippen molar-refractivity contribution in [2.45, 2.75) is 13.8 Å². The third-order valence-corrected chi connectivity index (χ3v) is 4.04. The maximum atomic E-state index is 12.0. The summed E-state index contributed by atoms with van der Waals surface area (Å²) in [6.07, 6.45) is 2.74. The van der Waals surface area contributed by atoms with Crippen LogP contribution < -0.4 is 15.5 Å². The summed E-state index contributed by atoms with van der Waals surface area (Å²) in [6, 6.07) is 15.1. The number of anilines is 1. The van der Waals surface area contributed by atoms with Crippen molar-refractivity contribution in [1.82, 2.24) is 5.43 Å².